The maximum atomic E-state index is 5.55. The first-order valence-corrected chi connectivity index (χ1v) is 5.71. The number of hydrogen-bond acceptors (Lipinski definition) is 5. The largest absolute Gasteiger partial charge is 0.368 e. The molecule has 3 aromatic rings. The van der Waals surface area contributed by atoms with Crippen molar-refractivity contribution in [1.82, 2.24) is 20.2 Å². The normalized spacial score (nSPS) is 10.5. The molecule has 0 spiro atoms. The number of nitrogens with two attached hydrogens (primary N) is 1. The van der Waals surface area contributed by atoms with E-state index in [9.17, 15) is 0 Å². The van der Waals surface area contributed by atoms with Crippen LogP contribution in [0.4, 0.5) is 17.5 Å². The maximum absolute atomic E-state index is 5.55. The molecule has 0 fully saturated rings. The van der Waals surface area contributed by atoms with E-state index in [1.165, 1.54) is 0 Å². The average Bonchev–Trinajstić information content (AvgIpc) is 2.86. The van der Waals surface area contributed by atoms with Crippen LogP contribution in [-0.4, -0.2) is 20.2 Å². The summed E-state index contributed by atoms with van der Waals surface area (Å²) >= 11 is 0. The van der Waals surface area contributed by atoms with Gasteiger partial charge >= 0.3 is 0 Å². The average molecular weight is 252 g/mol. The van der Waals surface area contributed by atoms with Crippen molar-refractivity contribution < 1.29 is 0 Å². The fraction of sp³-hybridized carbons (Fsp3) is 0. The third-order valence-corrected chi connectivity index (χ3v) is 2.75. The first-order chi connectivity index (χ1) is 9.26. The lowest BCUT2D eigenvalue weighted by Crippen LogP contribution is -1.99. The number of H-pyrrole nitrogens is 1. The van der Waals surface area contributed by atoms with Gasteiger partial charge in [-0.2, -0.15) is 10.1 Å². The number of nitrogen functional groups attached to an aromatic ring is 1. The zero-order valence-electron chi connectivity index (χ0n) is 10.1. The zero-order valence-corrected chi connectivity index (χ0v) is 10.1. The van der Waals surface area contributed by atoms with Crippen LogP contribution < -0.4 is 11.1 Å². The molecule has 2 aromatic heterocycles. The van der Waals surface area contributed by atoms with E-state index in [4.69, 9.17) is 5.73 Å². The lowest BCUT2D eigenvalue weighted by molar-refractivity contribution is 1.12. The first-order valence-electron chi connectivity index (χ1n) is 5.71. The van der Waals surface area contributed by atoms with Crippen LogP contribution >= 0.6 is 0 Å². The molecular formula is C13H12N6. The highest BCUT2D eigenvalue weighted by Crippen LogP contribution is 2.24. The fourth-order valence-electron chi connectivity index (χ4n) is 1.91. The topological polar surface area (TPSA) is 92.5 Å². The number of nitrogens with one attached hydrogen (secondary N) is 2. The van der Waals surface area contributed by atoms with Crippen LogP contribution in [0.5, 0.6) is 0 Å². The first kappa shape index (κ1) is 11.2. The summed E-state index contributed by atoms with van der Waals surface area (Å²) in [6.45, 7) is 3.80. The smallest absolute Gasteiger partial charge is 0.221 e. The molecular weight excluding hydrogens is 240 g/mol. The summed E-state index contributed by atoms with van der Waals surface area (Å²) in [4.78, 5) is 7.95. The van der Waals surface area contributed by atoms with Crippen molar-refractivity contribution in [2.24, 2.45) is 0 Å². The number of rotatable bonds is 3. The summed E-state index contributed by atoms with van der Waals surface area (Å²) in [7, 11) is 0. The Bertz CT molecular complexity index is 746. The lowest BCUT2D eigenvalue weighted by Gasteiger charge is -2.07. The van der Waals surface area contributed by atoms with Crippen molar-refractivity contribution in [3.8, 4) is 0 Å². The Morgan fingerprint density at radius 3 is 3.05 bits per heavy atom. The molecule has 6 heteroatoms. The van der Waals surface area contributed by atoms with Gasteiger partial charge < -0.3 is 11.1 Å². The minimum atomic E-state index is 0.235. The van der Waals surface area contributed by atoms with E-state index in [1.807, 2.05) is 12.1 Å². The third-order valence-electron chi connectivity index (χ3n) is 2.75. The van der Waals surface area contributed by atoms with Crippen molar-refractivity contribution in [1.29, 1.82) is 0 Å². The van der Waals surface area contributed by atoms with Crippen LogP contribution in [0.1, 0.15) is 5.56 Å². The van der Waals surface area contributed by atoms with Crippen molar-refractivity contribution >= 4 is 34.4 Å². The number of benzene rings is 1. The van der Waals surface area contributed by atoms with E-state index in [-0.39, 0.29) is 5.95 Å². The number of aromatic amines is 1. The van der Waals surface area contributed by atoms with Crippen LogP contribution in [0.2, 0.25) is 0 Å². The minimum Gasteiger partial charge on any atom is -0.368 e. The molecule has 0 aliphatic heterocycles. The predicted molar refractivity (Wildman–Crippen MR) is 75.9 cm³/mol. The number of nitrogens with zero attached hydrogens (tertiary/aromatic N) is 3. The molecule has 0 bridgehead atoms. The van der Waals surface area contributed by atoms with Gasteiger partial charge in [-0.15, -0.1) is 0 Å². The quantitative estimate of drug-likeness (QED) is 0.665. The summed E-state index contributed by atoms with van der Waals surface area (Å²) in [5.74, 6) is 0.878. The molecule has 19 heavy (non-hydrogen) atoms. The van der Waals surface area contributed by atoms with E-state index in [1.54, 1.807) is 24.5 Å². The summed E-state index contributed by atoms with van der Waals surface area (Å²) < 4.78 is 0. The van der Waals surface area contributed by atoms with E-state index in [0.29, 0.717) is 5.82 Å². The molecule has 0 atom stereocenters. The van der Waals surface area contributed by atoms with E-state index in [2.05, 4.69) is 32.1 Å². The van der Waals surface area contributed by atoms with E-state index >= 15 is 0 Å². The predicted octanol–water partition coefficient (Wildman–Crippen LogP) is 2.32. The standard InChI is InChI=1S/C13H12N6/c1-2-8-5-10(6-9-7-16-19-12(8)9)17-11-3-4-15-13(14)18-11/h2-7H,1H2,(H,16,19)(H3,14,15,17,18). The molecule has 3 rings (SSSR count). The van der Waals surface area contributed by atoms with Crippen LogP contribution in [0.25, 0.3) is 17.0 Å². The number of fused-ring (bicyclic) bond motifs is 1. The Kier molecular flexibility index (Phi) is 2.60. The summed E-state index contributed by atoms with van der Waals surface area (Å²) in [5, 5.41) is 11.2. The molecule has 4 N–H and O–H groups in total. The molecule has 0 aliphatic rings. The summed E-state index contributed by atoms with van der Waals surface area (Å²) in [6, 6.07) is 5.69. The second kappa shape index (κ2) is 4.41. The van der Waals surface area contributed by atoms with Gasteiger partial charge in [-0.25, -0.2) is 4.98 Å². The van der Waals surface area contributed by atoms with Gasteiger partial charge in [-0.05, 0) is 18.2 Å². The van der Waals surface area contributed by atoms with Crippen LogP contribution in [0.3, 0.4) is 0 Å². The molecule has 0 amide bonds. The second-order valence-electron chi connectivity index (χ2n) is 4.03. The van der Waals surface area contributed by atoms with Crippen molar-refractivity contribution in [2.75, 3.05) is 11.1 Å². The highest BCUT2D eigenvalue weighted by atomic mass is 15.1. The van der Waals surface area contributed by atoms with E-state index in [0.717, 1.165) is 22.2 Å². The molecule has 6 nitrogen and oxygen atoms in total. The Morgan fingerprint density at radius 1 is 1.37 bits per heavy atom. The Labute approximate surface area is 109 Å². The summed E-state index contributed by atoms with van der Waals surface area (Å²) in [6.07, 6.45) is 5.15. The molecule has 2 heterocycles. The molecule has 0 unspecified atom stereocenters. The zero-order chi connectivity index (χ0) is 13.2. The Morgan fingerprint density at radius 2 is 2.26 bits per heavy atom. The highest BCUT2D eigenvalue weighted by molar-refractivity contribution is 5.90. The molecule has 94 valence electrons. The monoisotopic (exact) mass is 252 g/mol. The SMILES string of the molecule is C=Cc1cc(Nc2ccnc(N)n2)cc2cn[nH]c12. The van der Waals surface area contributed by atoms with Gasteiger partial charge in [0.2, 0.25) is 5.95 Å². The van der Waals surface area contributed by atoms with E-state index < -0.39 is 0 Å². The van der Waals surface area contributed by atoms with Crippen LogP contribution in [0.15, 0.2) is 37.2 Å². The lowest BCUT2D eigenvalue weighted by atomic mass is 10.1. The van der Waals surface area contributed by atoms with Gasteiger partial charge in [-0.1, -0.05) is 12.7 Å². The molecule has 1 aromatic carbocycles. The van der Waals surface area contributed by atoms with Crippen molar-refractivity contribution in [3.63, 3.8) is 0 Å². The third kappa shape index (κ3) is 2.11. The minimum absolute atomic E-state index is 0.235. The second-order valence-corrected chi connectivity index (χ2v) is 4.03. The van der Waals surface area contributed by atoms with Crippen LogP contribution in [0, 0.1) is 0 Å². The number of anilines is 3. The Balaban J connectivity index is 2.03. The van der Waals surface area contributed by atoms with Crippen LogP contribution in [-0.2, 0) is 0 Å². The van der Waals surface area contributed by atoms with Gasteiger partial charge in [0.05, 0.1) is 11.7 Å². The van der Waals surface area contributed by atoms with Crippen molar-refractivity contribution in [2.45, 2.75) is 0 Å². The van der Waals surface area contributed by atoms with Gasteiger partial charge in [0.25, 0.3) is 0 Å². The van der Waals surface area contributed by atoms with Crippen molar-refractivity contribution in [3.05, 3.63) is 42.7 Å². The number of aromatic nitrogens is 4. The Hall–Kier alpha value is -2.89. The van der Waals surface area contributed by atoms with Gasteiger partial charge in [-0.3, -0.25) is 5.10 Å². The van der Waals surface area contributed by atoms with Gasteiger partial charge in [0.1, 0.15) is 5.82 Å². The highest BCUT2D eigenvalue weighted by Gasteiger charge is 2.04. The molecule has 0 saturated carbocycles. The summed E-state index contributed by atoms with van der Waals surface area (Å²) in [5.41, 5.74) is 8.37. The maximum Gasteiger partial charge on any atom is 0.221 e. The molecule has 0 radical (unpaired) electrons. The fourth-order valence-corrected chi connectivity index (χ4v) is 1.91. The number of hydrogen-bond donors (Lipinski definition) is 3. The molecule has 0 saturated heterocycles. The van der Waals surface area contributed by atoms with Gasteiger partial charge in [0.15, 0.2) is 0 Å². The van der Waals surface area contributed by atoms with Gasteiger partial charge in [0, 0.05) is 22.8 Å². The molecule has 0 aliphatic carbocycles.